The van der Waals surface area contributed by atoms with E-state index in [9.17, 15) is 9.18 Å². The summed E-state index contributed by atoms with van der Waals surface area (Å²) in [6.45, 7) is 0. The molecule has 0 saturated carbocycles. The first-order valence-electron chi connectivity index (χ1n) is 5.72. The number of halogens is 3. The summed E-state index contributed by atoms with van der Waals surface area (Å²) in [4.78, 5) is 11.6. The van der Waals surface area contributed by atoms with E-state index in [1.807, 2.05) is 0 Å². The Balaban J connectivity index is 2.42. The summed E-state index contributed by atoms with van der Waals surface area (Å²) in [6.07, 6.45) is 0. The van der Waals surface area contributed by atoms with E-state index in [1.54, 1.807) is 18.2 Å². The third kappa shape index (κ3) is 3.46. The van der Waals surface area contributed by atoms with Crippen molar-refractivity contribution in [3.63, 3.8) is 0 Å². The molecule has 7 heteroatoms. The second-order valence-electron chi connectivity index (χ2n) is 4.04. The average Bonchev–Trinajstić information content (AvgIpc) is 2.43. The Bertz CT molecular complexity index is 709. The molecule has 0 fully saturated rings. The van der Waals surface area contributed by atoms with Crippen LogP contribution in [0, 0.1) is 5.82 Å². The monoisotopic (exact) mass is 373 g/mol. The predicted octanol–water partition coefficient (Wildman–Crippen LogP) is 4.40. The van der Waals surface area contributed by atoms with Gasteiger partial charge in [0.05, 0.1) is 17.1 Å². The molecule has 0 radical (unpaired) electrons. The highest BCUT2D eigenvalue weighted by Gasteiger charge is 2.16. The smallest absolute Gasteiger partial charge is 0.340 e. The Hall–Kier alpha value is -1.79. The van der Waals surface area contributed by atoms with Gasteiger partial charge in [0.25, 0.3) is 0 Å². The molecule has 0 spiro atoms. The summed E-state index contributed by atoms with van der Waals surface area (Å²) in [7, 11) is 1.21. The van der Waals surface area contributed by atoms with Crippen molar-refractivity contribution in [1.82, 2.24) is 0 Å². The molecule has 21 heavy (non-hydrogen) atoms. The lowest BCUT2D eigenvalue weighted by Gasteiger charge is -2.11. The molecule has 2 aromatic carbocycles. The van der Waals surface area contributed by atoms with E-state index in [4.69, 9.17) is 22.1 Å². The molecule has 0 amide bonds. The number of methoxy groups -OCH3 is 1. The second-order valence-corrected chi connectivity index (χ2v) is 5.33. The number of esters is 1. The fourth-order valence-corrected chi connectivity index (χ4v) is 2.37. The van der Waals surface area contributed by atoms with E-state index in [-0.39, 0.29) is 17.0 Å². The van der Waals surface area contributed by atoms with Crippen LogP contribution in [0.2, 0.25) is 5.02 Å². The van der Waals surface area contributed by atoms with Gasteiger partial charge in [-0.15, -0.1) is 0 Å². The lowest BCUT2D eigenvalue weighted by Crippen LogP contribution is -2.07. The fraction of sp³-hybridized carbons (Fsp3) is 0.0714. The van der Waals surface area contributed by atoms with Gasteiger partial charge in [0.1, 0.15) is 5.75 Å². The molecule has 0 aromatic heterocycles. The molecule has 2 N–H and O–H groups in total. The van der Waals surface area contributed by atoms with Crippen molar-refractivity contribution in [3.05, 3.63) is 51.2 Å². The molecule has 0 atom stereocenters. The molecule has 2 aromatic rings. The normalized spacial score (nSPS) is 10.3. The minimum absolute atomic E-state index is 0.0260. The predicted molar refractivity (Wildman–Crippen MR) is 81.4 cm³/mol. The first-order chi connectivity index (χ1) is 9.92. The van der Waals surface area contributed by atoms with Crippen LogP contribution < -0.4 is 10.5 Å². The van der Waals surface area contributed by atoms with E-state index >= 15 is 0 Å². The van der Waals surface area contributed by atoms with Gasteiger partial charge in [-0.25, -0.2) is 9.18 Å². The number of hydrogen-bond donors (Lipinski definition) is 1. The molecule has 0 saturated heterocycles. The summed E-state index contributed by atoms with van der Waals surface area (Å²) in [5.74, 6) is -1.17. The Morgan fingerprint density at radius 3 is 2.62 bits per heavy atom. The molecule has 0 heterocycles. The Morgan fingerprint density at radius 2 is 2.00 bits per heavy atom. The van der Waals surface area contributed by atoms with Crippen molar-refractivity contribution in [3.8, 4) is 11.5 Å². The molecule has 0 unspecified atom stereocenters. The van der Waals surface area contributed by atoms with Crippen LogP contribution in [0.25, 0.3) is 0 Å². The van der Waals surface area contributed by atoms with Gasteiger partial charge in [-0.05, 0) is 34.1 Å². The number of rotatable bonds is 3. The number of carbonyl (C=O) groups excluding carboxylic acids is 1. The van der Waals surface area contributed by atoms with Crippen LogP contribution in [0.5, 0.6) is 11.5 Å². The van der Waals surface area contributed by atoms with Crippen LogP contribution >= 0.6 is 27.5 Å². The maximum atomic E-state index is 13.9. The Kier molecular flexibility index (Phi) is 4.69. The van der Waals surface area contributed by atoms with Crippen molar-refractivity contribution >= 4 is 39.2 Å². The Labute approximate surface area is 133 Å². The molecule has 110 valence electrons. The SMILES string of the molecule is COC(=O)c1cc(Oc2ccc(Cl)cc2Br)c(F)cc1N. The zero-order valence-corrected chi connectivity index (χ0v) is 13.2. The summed E-state index contributed by atoms with van der Waals surface area (Å²) < 4.78 is 24.5. The van der Waals surface area contributed by atoms with Crippen molar-refractivity contribution in [2.45, 2.75) is 0 Å². The number of nitrogen functional groups attached to an aromatic ring is 1. The third-order valence-electron chi connectivity index (χ3n) is 2.62. The van der Waals surface area contributed by atoms with Crippen LogP contribution in [-0.4, -0.2) is 13.1 Å². The first kappa shape index (κ1) is 15.6. The van der Waals surface area contributed by atoms with E-state index in [0.29, 0.717) is 15.2 Å². The molecule has 0 aliphatic heterocycles. The third-order valence-corrected chi connectivity index (χ3v) is 3.48. The number of anilines is 1. The average molecular weight is 375 g/mol. The van der Waals surface area contributed by atoms with Crippen molar-refractivity contribution in [1.29, 1.82) is 0 Å². The lowest BCUT2D eigenvalue weighted by molar-refractivity contribution is 0.0601. The van der Waals surface area contributed by atoms with Gasteiger partial charge in [0, 0.05) is 22.8 Å². The summed E-state index contributed by atoms with van der Waals surface area (Å²) >= 11 is 9.08. The number of carbonyl (C=O) groups is 1. The highest BCUT2D eigenvalue weighted by molar-refractivity contribution is 9.10. The Morgan fingerprint density at radius 1 is 1.29 bits per heavy atom. The first-order valence-corrected chi connectivity index (χ1v) is 6.89. The van der Waals surface area contributed by atoms with Gasteiger partial charge < -0.3 is 15.2 Å². The zero-order chi connectivity index (χ0) is 15.6. The fourth-order valence-electron chi connectivity index (χ4n) is 1.61. The van der Waals surface area contributed by atoms with Crippen molar-refractivity contribution in [2.75, 3.05) is 12.8 Å². The van der Waals surface area contributed by atoms with Crippen LogP contribution in [0.4, 0.5) is 10.1 Å². The largest absolute Gasteiger partial charge is 0.465 e. The molecule has 0 aliphatic rings. The van der Waals surface area contributed by atoms with Crippen LogP contribution in [0.15, 0.2) is 34.8 Å². The van der Waals surface area contributed by atoms with Crippen LogP contribution in [-0.2, 0) is 4.74 Å². The van der Waals surface area contributed by atoms with Crippen LogP contribution in [0.1, 0.15) is 10.4 Å². The second kappa shape index (κ2) is 6.32. The van der Waals surface area contributed by atoms with Gasteiger partial charge in [0.15, 0.2) is 11.6 Å². The highest BCUT2D eigenvalue weighted by atomic mass is 79.9. The maximum absolute atomic E-state index is 13.9. The topological polar surface area (TPSA) is 61.5 Å². The van der Waals surface area contributed by atoms with Gasteiger partial charge >= 0.3 is 5.97 Å². The van der Waals surface area contributed by atoms with Gasteiger partial charge in [0.2, 0.25) is 0 Å². The number of benzene rings is 2. The molecule has 0 bridgehead atoms. The van der Waals surface area contributed by atoms with E-state index in [1.165, 1.54) is 13.2 Å². The number of nitrogens with two attached hydrogens (primary N) is 1. The summed E-state index contributed by atoms with van der Waals surface area (Å²) in [5.41, 5.74) is 5.59. The van der Waals surface area contributed by atoms with E-state index in [0.717, 1.165) is 6.07 Å². The molecule has 4 nitrogen and oxygen atoms in total. The van der Waals surface area contributed by atoms with Gasteiger partial charge in [-0.3, -0.25) is 0 Å². The van der Waals surface area contributed by atoms with E-state index < -0.39 is 11.8 Å². The highest BCUT2D eigenvalue weighted by Crippen LogP contribution is 2.34. The quantitative estimate of drug-likeness (QED) is 0.639. The lowest BCUT2D eigenvalue weighted by atomic mass is 10.1. The molecule has 0 aliphatic carbocycles. The maximum Gasteiger partial charge on any atom is 0.340 e. The number of hydrogen-bond acceptors (Lipinski definition) is 4. The molecular weight excluding hydrogens is 365 g/mol. The van der Waals surface area contributed by atoms with Gasteiger partial charge in [-0.2, -0.15) is 0 Å². The molecular formula is C14H10BrClFNO3. The van der Waals surface area contributed by atoms with Crippen LogP contribution in [0.3, 0.4) is 0 Å². The molecule has 2 rings (SSSR count). The van der Waals surface area contributed by atoms with Crippen molar-refractivity contribution < 1.29 is 18.7 Å². The van der Waals surface area contributed by atoms with Gasteiger partial charge in [-0.1, -0.05) is 11.6 Å². The standard InChI is InChI=1S/C14H10BrClFNO3/c1-20-14(19)8-5-13(10(17)6-11(8)18)21-12-3-2-7(16)4-9(12)15/h2-6H,18H2,1H3. The zero-order valence-electron chi connectivity index (χ0n) is 10.8. The van der Waals surface area contributed by atoms with Crippen molar-refractivity contribution in [2.24, 2.45) is 0 Å². The summed E-state index contributed by atoms with van der Waals surface area (Å²) in [6, 6.07) is 6.97. The minimum Gasteiger partial charge on any atom is -0.465 e. The van der Waals surface area contributed by atoms with E-state index in [2.05, 4.69) is 20.7 Å². The minimum atomic E-state index is -0.693. The number of ether oxygens (including phenoxy) is 2. The summed E-state index contributed by atoms with van der Waals surface area (Å²) in [5, 5.41) is 0.502.